The van der Waals surface area contributed by atoms with Gasteiger partial charge in [0.15, 0.2) is 5.11 Å². The predicted octanol–water partition coefficient (Wildman–Crippen LogP) is 4.04. The summed E-state index contributed by atoms with van der Waals surface area (Å²) in [6, 6.07) is 13.3. The molecule has 0 radical (unpaired) electrons. The second-order valence-corrected chi connectivity index (χ2v) is 5.74. The van der Waals surface area contributed by atoms with E-state index in [0.717, 1.165) is 11.8 Å². The van der Waals surface area contributed by atoms with Crippen LogP contribution in [-0.4, -0.2) is 17.4 Å². The molecule has 2 N–H and O–H groups in total. The van der Waals surface area contributed by atoms with Crippen LogP contribution in [0.4, 0.5) is 14.5 Å². The van der Waals surface area contributed by atoms with Crippen molar-refractivity contribution >= 4 is 34.8 Å². The molecule has 0 aromatic heterocycles. The Morgan fingerprint density at radius 3 is 2.57 bits per heavy atom. The van der Waals surface area contributed by atoms with Gasteiger partial charge in [0.25, 0.3) is 0 Å². The maximum absolute atomic E-state index is 13.4. The molecular weight excluding hydrogens is 310 g/mol. The van der Waals surface area contributed by atoms with Gasteiger partial charge in [-0.2, -0.15) is 0 Å². The minimum atomic E-state index is -0.669. The van der Waals surface area contributed by atoms with Crippen molar-refractivity contribution in [1.82, 2.24) is 5.32 Å². The highest BCUT2D eigenvalue weighted by atomic mass is 32.2. The van der Waals surface area contributed by atoms with Gasteiger partial charge in [-0.05, 0) is 36.5 Å². The molecule has 0 aliphatic carbocycles. The standard InChI is InChI=1S/C15H14F2N2S2/c16-11-6-7-14(13(17)10-11)19-15(20)18-8-9-21-12-4-2-1-3-5-12/h1-7,10H,8-9H2,(H2,18,19,20). The van der Waals surface area contributed by atoms with Gasteiger partial charge >= 0.3 is 0 Å². The molecule has 2 aromatic rings. The molecule has 0 saturated carbocycles. The number of nitrogens with one attached hydrogen (secondary N) is 2. The van der Waals surface area contributed by atoms with E-state index in [4.69, 9.17) is 12.2 Å². The number of rotatable bonds is 5. The lowest BCUT2D eigenvalue weighted by atomic mass is 10.3. The van der Waals surface area contributed by atoms with Crippen LogP contribution in [0.2, 0.25) is 0 Å². The molecule has 0 atom stereocenters. The predicted molar refractivity (Wildman–Crippen MR) is 87.7 cm³/mol. The molecule has 0 bridgehead atoms. The number of benzene rings is 2. The molecule has 2 nitrogen and oxygen atoms in total. The summed E-state index contributed by atoms with van der Waals surface area (Å²) >= 11 is 6.77. The Hall–Kier alpha value is -1.66. The fourth-order valence-corrected chi connectivity index (χ4v) is 2.61. The highest BCUT2D eigenvalue weighted by Gasteiger charge is 2.05. The first-order chi connectivity index (χ1) is 10.1. The zero-order valence-corrected chi connectivity index (χ0v) is 12.7. The average Bonchev–Trinajstić information content (AvgIpc) is 2.48. The molecule has 0 amide bonds. The van der Waals surface area contributed by atoms with Crippen LogP contribution in [0.1, 0.15) is 0 Å². The third kappa shape index (κ3) is 5.32. The fourth-order valence-electron chi connectivity index (χ4n) is 1.61. The maximum atomic E-state index is 13.4. The van der Waals surface area contributed by atoms with Crippen molar-refractivity contribution in [2.75, 3.05) is 17.6 Å². The lowest BCUT2D eigenvalue weighted by Gasteiger charge is -2.11. The normalized spacial score (nSPS) is 10.2. The van der Waals surface area contributed by atoms with Gasteiger partial charge in [-0.25, -0.2) is 8.78 Å². The summed E-state index contributed by atoms with van der Waals surface area (Å²) < 4.78 is 26.2. The van der Waals surface area contributed by atoms with Crippen molar-refractivity contribution in [3.05, 3.63) is 60.2 Å². The van der Waals surface area contributed by atoms with Gasteiger partial charge in [-0.1, -0.05) is 18.2 Å². The molecule has 0 heterocycles. The van der Waals surface area contributed by atoms with Crippen LogP contribution in [0.3, 0.4) is 0 Å². The van der Waals surface area contributed by atoms with Crippen molar-refractivity contribution in [3.8, 4) is 0 Å². The van der Waals surface area contributed by atoms with Gasteiger partial charge in [-0.15, -0.1) is 11.8 Å². The van der Waals surface area contributed by atoms with Crippen LogP contribution in [0.15, 0.2) is 53.4 Å². The van der Waals surface area contributed by atoms with Crippen LogP contribution in [-0.2, 0) is 0 Å². The number of hydrogen-bond acceptors (Lipinski definition) is 2. The van der Waals surface area contributed by atoms with E-state index in [-0.39, 0.29) is 5.69 Å². The molecule has 6 heteroatoms. The van der Waals surface area contributed by atoms with Gasteiger partial charge in [0, 0.05) is 23.3 Å². The van der Waals surface area contributed by atoms with E-state index in [1.54, 1.807) is 11.8 Å². The molecule has 0 spiro atoms. The third-order valence-electron chi connectivity index (χ3n) is 2.58. The first-order valence-corrected chi connectivity index (χ1v) is 7.72. The van der Waals surface area contributed by atoms with Crippen molar-refractivity contribution in [1.29, 1.82) is 0 Å². The quantitative estimate of drug-likeness (QED) is 0.492. The van der Waals surface area contributed by atoms with E-state index in [2.05, 4.69) is 10.6 Å². The van der Waals surface area contributed by atoms with Crippen molar-refractivity contribution in [3.63, 3.8) is 0 Å². The van der Waals surface area contributed by atoms with E-state index in [1.807, 2.05) is 30.3 Å². The number of thioether (sulfide) groups is 1. The molecule has 0 fully saturated rings. The SMILES string of the molecule is Fc1ccc(NC(=S)NCCSc2ccccc2)c(F)c1. The zero-order chi connectivity index (χ0) is 15.1. The van der Waals surface area contributed by atoms with Crippen LogP contribution in [0, 0.1) is 11.6 Å². The van der Waals surface area contributed by atoms with E-state index in [1.165, 1.54) is 17.0 Å². The van der Waals surface area contributed by atoms with E-state index >= 15 is 0 Å². The number of halogens is 2. The van der Waals surface area contributed by atoms with Gasteiger partial charge in [-0.3, -0.25) is 0 Å². The summed E-state index contributed by atoms with van der Waals surface area (Å²) in [5.41, 5.74) is 0.157. The minimum absolute atomic E-state index is 0.157. The molecule has 0 aliphatic rings. The molecule has 0 saturated heterocycles. The van der Waals surface area contributed by atoms with E-state index in [0.29, 0.717) is 11.7 Å². The second-order valence-electron chi connectivity index (χ2n) is 4.17. The fraction of sp³-hybridized carbons (Fsp3) is 0.133. The Labute approximate surface area is 131 Å². The molecule has 0 unspecified atom stereocenters. The van der Waals surface area contributed by atoms with Crippen molar-refractivity contribution < 1.29 is 8.78 Å². The van der Waals surface area contributed by atoms with Crippen LogP contribution in [0.5, 0.6) is 0 Å². The molecule has 21 heavy (non-hydrogen) atoms. The van der Waals surface area contributed by atoms with E-state index in [9.17, 15) is 8.78 Å². The highest BCUT2D eigenvalue weighted by molar-refractivity contribution is 7.99. The number of hydrogen-bond donors (Lipinski definition) is 2. The Balaban J connectivity index is 1.72. The summed E-state index contributed by atoms with van der Waals surface area (Å²) in [6.07, 6.45) is 0. The summed E-state index contributed by atoms with van der Waals surface area (Å²) in [7, 11) is 0. The first kappa shape index (κ1) is 15.7. The molecule has 110 valence electrons. The Morgan fingerprint density at radius 1 is 1.10 bits per heavy atom. The number of anilines is 1. The summed E-state index contributed by atoms with van der Waals surface area (Å²) in [4.78, 5) is 1.18. The van der Waals surface area contributed by atoms with E-state index < -0.39 is 11.6 Å². The zero-order valence-electron chi connectivity index (χ0n) is 11.1. The summed E-state index contributed by atoms with van der Waals surface area (Å²) in [6.45, 7) is 0.647. The average molecular weight is 324 g/mol. The molecule has 2 aromatic carbocycles. The highest BCUT2D eigenvalue weighted by Crippen LogP contribution is 2.16. The lowest BCUT2D eigenvalue weighted by molar-refractivity contribution is 0.586. The third-order valence-corrected chi connectivity index (χ3v) is 3.84. The Kier molecular flexibility index (Phi) is 5.95. The maximum Gasteiger partial charge on any atom is 0.170 e. The van der Waals surface area contributed by atoms with Crippen LogP contribution in [0.25, 0.3) is 0 Å². The van der Waals surface area contributed by atoms with Crippen molar-refractivity contribution in [2.24, 2.45) is 0 Å². The van der Waals surface area contributed by atoms with Gasteiger partial charge in [0.1, 0.15) is 11.6 Å². The Morgan fingerprint density at radius 2 is 1.86 bits per heavy atom. The van der Waals surface area contributed by atoms with Crippen LogP contribution < -0.4 is 10.6 Å². The summed E-state index contributed by atoms with van der Waals surface area (Å²) in [5, 5.41) is 6.00. The second kappa shape index (κ2) is 7.95. The topological polar surface area (TPSA) is 24.1 Å². The van der Waals surface area contributed by atoms with Gasteiger partial charge in [0.2, 0.25) is 0 Å². The smallest absolute Gasteiger partial charge is 0.170 e. The molecule has 0 aliphatic heterocycles. The minimum Gasteiger partial charge on any atom is -0.362 e. The Bertz CT molecular complexity index is 606. The molecule has 2 rings (SSSR count). The number of thiocarbonyl (C=S) groups is 1. The lowest BCUT2D eigenvalue weighted by Crippen LogP contribution is -2.30. The van der Waals surface area contributed by atoms with Crippen molar-refractivity contribution in [2.45, 2.75) is 4.90 Å². The monoisotopic (exact) mass is 324 g/mol. The first-order valence-electron chi connectivity index (χ1n) is 6.33. The van der Waals surface area contributed by atoms with Gasteiger partial charge < -0.3 is 10.6 Å². The largest absolute Gasteiger partial charge is 0.362 e. The van der Waals surface area contributed by atoms with Crippen LogP contribution >= 0.6 is 24.0 Å². The van der Waals surface area contributed by atoms with Gasteiger partial charge in [0.05, 0.1) is 5.69 Å². The summed E-state index contributed by atoms with van der Waals surface area (Å²) in [5.74, 6) is -0.452. The molecular formula is C15H14F2N2S2.